The molecule has 0 saturated carbocycles. The molecule has 1 aliphatic carbocycles. The minimum Gasteiger partial charge on any atom is -0.493 e. The van der Waals surface area contributed by atoms with E-state index in [1.165, 1.54) is 28.7 Å². The average Bonchev–Trinajstić information content (AvgIpc) is 2.61. The zero-order chi connectivity index (χ0) is 16.1. The molecular weight excluding hydrogens is 280 g/mol. The Kier molecular flexibility index (Phi) is 4.97. The summed E-state index contributed by atoms with van der Waals surface area (Å²) in [4.78, 5) is 0. The molecule has 0 radical (unpaired) electrons. The standard InChI is InChI=1S/C22H24O/c1-3-5-14-23-22-12-10-18(11-13-22)20-9-8-19-15-17(4-2)6-7-21(19)16-20/h3-4,8-13,16-17H,1-2,5-7,14-15H2. The zero-order valence-corrected chi connectivity index (χ0v) is 13.6. The van der Waals surface area contributed by atoms with Gasteiger partial charge in [0.05, 0.1) is 6.61 Å². The Balaban J connectivity index is 1.74. The third kappa shape index (κ3) is 3.73. The Bertz CT molecular complexity index is 682. The van der Waals surface area contributed by atoms with Crippen LogP contribution in [0, 0.1) is 5.92 Å². The summed E-state index contributed by atoms with van der Waals surface area (Å²) in [6, 6.07) is 15.2. The quantitative estimate of drug-likeness (QED) is 0.498. The molecule has 1 nitrogen and oxygen atoms in total. The van der Waals surface area contributed by atoms with Crippen LogP contribution in [0.25, 0.3) is 11.1 Å². The van der Waals surface area contributed by atoms with E-state index in [0.717, 1.165) is 25.0 Å². The molecule has 0 aliphatic heterocycles. The first-order valence-electron chi connectivity index (χ1n) is 8.38. The topological polar surface area (TPSA) is 9.23 Å². The van der Waals surface area contributed by atoms with Crippen molar-refractivity contribution in [2.45, 2.75) is 25.7 Å². The molecule has 0 bridgehead atoms. The second-order valence-electron chi connectivity index (χ2n) is 6.17. The van der Waals surface area contributed by atoms with E-state index in [9.17, 15) is 0 Å². The smallest absolute Gasteiger partial charge is 0.119 e. The van der Waals surface area contributed by atoms with Gasteiger partial charge in [-0.25, -0.2) is 0 Å². The third-order valence-electron chi connectivity index (χ3n) is 4.58. The summed E-state index contributed by atoms with van der Waals surface area (Å²) >= 11 is 0. The molecule has 2 aromatic carbocycles. The molecule has 0 aromatic heterocycles. The number of ether oxygens (including phenoxy) is 1. The molecule has 1 heteroatoms. The third-order valence-corrected chi connectivity index (χ3v) is 4.58. The summed E-state index contributed by atoms with van der Waals surface area (Å²) in [6.45, 7) is 8.33. The van der Waals surface area contributed by atoms with Crippen LogP contribution in [0.2, 0.25) is 0 Å². The molecule has 1 unspecified atom stereocenters. The molecule has 2 aromatic rings. The van der Waals surface area contributed by atoms with Crippen LogP contribution in [0.4, 0.5) is 0 Å². The van der Waals surface area contributed by atoms with Gasteiger partial charge >= 0.3 is 0 Å². The van der Waals surface area contributed by atoms with E-state index in [1.54, 1.807) is 0 Å². The summed E-state index contributed by atoms with van der Waals surface area (Å²) in [7, 11) is 0. The van der Waals surface area contributed by atoms with Gasteiger partial charge in [0.25, 0.3) is 0 Å². The van der Waals surface area contributed by atoms with E-state index in [0.29, 0.717) is 12.5 Å². The summed E-state index contributed by atoms with van der Waals surface area (Å²) in [5.74, 6) is 1.56. The maximum atomic E-state index is 5.67. The Morgan fingerprint density at radius 1 is 1.00 bits per heavy atom. The minimum absolute atomic E-state index is 0.639. The summed E-state index contributed by atoms with van der Waals surface area (Å²) in [5.41, 5.74) is 5.51. The van der Waals surface area contributed by atoms with Crippen LogP contribution in [0.3, 0.4) is 0 Å². The molecule has 1 aliphatic rings. The van der Waals surface area contributed by atoms with Gasteiger partial charge in [-0.2, -0.15) is 0 Å². The van der Waals surface area contributed by atoms with E-state index in [4.69, 9.17) is 4.74 Å². The van der Waals surface area contributed by atoms with Crippen LogP contribution < -0.4 is 4.74 Å². The SMILES string of the molecule is C=CCCOc1ccc(-c2ccc3c(c2)CCC(C=C)C3)cc1. The maximum Gasteiger partial charge on any atom is 0.119 e. The Morgan fingerprint density at radius 2 is 1.78 bits per heavy atom. The minimum atomic E-state index is 0.639. The van der Waals surface area contributed by atoms with Crippen LogP contribution in [-0.2, 0) is 12.8 Å². The summed E-state index contributed by atoms with van der Waals surface area (Å²) in [6.07, 6.45) is 8.35. The lowest BCUT2D eigenvalue weighted by Crippen LogP contribution is -2.11. The van der Waals surface area contributed by atoms with Gasteiger partial charge in [-0.05, 0) is 66.0 Å². The number of rotatable bonds is 6. The monoisotopic (exact) mass is 304 g/mol. The Morgan fingerprint density at radius 3 is 2.52 bits per heavy atom. The van der Waals surface area contributed by atoms with Crippen molar-refractivity contribution in [3.8, 4) is 16.9 Å². The van der Waals surface area contributed by atoms with Crippen molar-refractivity contribution >= 4 is 0 Å². The van der Waals surface area contributed by atoms with Crippen molar-refractivity contribution in [2.75, 3.05) is 6.61 Å². The van der Waals surface area contributed by atoms with E-state index in [-0.39, 0.29) is 0 Å². The van der Waals surface area contributed by atoms with E-state index in [2.05, 4.69) is 49.6 Å². The predicted octanol–water partition coefficient (Wildman–Crippen LogP) is 5.60. The number of benzene rings is 2. The van der Waals surface area contributed by atoms with Crippen molar-refractivity contribution < 1.29 is 4.74 Å². The highest BCUT2D eigenvalue weighted by Gasteiger charge is 2.16. The number of fused-ring (bicyclic) bond motifs is 1. The normalized spacial score (nSPS) is 16.4. The predicted molar refractivity (Wildman–Crippen MR) is 97.9 cm³/mol. The number of aryl methyl sites for hydroxylation is 1. The highest BCUT2D eigenvalue weighted by molar-refractivity contribution is 5.66. The van der Waals surface area contributed by atoms with Gasteiger partial charge in [-0.3, -0.25) is 0 Å². The maximum absolute atomic E-state index is 5.67. The zero-order valence-electron chi connectivity index (χ0n) is 13.6. The van der Waals surface area contributed by atoms with Gasteiger partial charge in [-0.1, -0.05) is 42.5 Å². The fraction of sp³-hybridized carbons (Fsp3) is 0.273. The second kappa shape index (κ2) is 7.32. The van der Waals surface area contributed by atoms with Gasteiger partial charge in [0, 0.05) is 0 Å². The fourth-order valence-corrected chi connectivity index (χ4v) is 3.17. The number of hydrogen-bond donors (Lipinski definition) is 0. The first-order chi connectivity index (χ1) is 11.3. The van der Waals surface area contributed by atoms with E-state index < -0.39 is 0 Å². The van der Waals surface area contributed by atoms with Gasteiger partial charge < -0.3 is 4.74 Å². The molecule has 3 rings (SSSR count). The van der Waals surface area contributed by atoms with Crippen LogP contribution in [0.5, 0.6) is 5.75 Å². The van der Waals surface area contributed by atoms with Gasteiger partial charge in [-0.15, -0.1) is 13.2 Å². The van der Waals surface area contributed by atoms with Gasteiger partial charge in [0.15, 0.2) is 0 Å². The van der Waals surface area contributed by atoms with Gasteiger partial charge in [0.2, 0.25) is 0 Å². The van der Waals surface area contributed by atoms with E-state index in [1.807, 2.05) is 18.2 Å². The molecule has 118 valence electrons. The molecule has 23 heavy (non-hydrogen) atoms. The number of allylic oxidation sites excluding steroid dienone is 1. The van der Waals surface area contributed by atoms with Gasteiger partial charge in [0.1, 0.15) is 5.75 Å². The Hall–Kier alpha value is -2.28. The first-order valence-corrected chi connectivity index (χ1v) is 8.38. The van der Waals surface area contributed by atoms with Crippen LogP contribution in [0.1, 0.15) is 24.0 Å². The molecule has 0 spiro atoms. The fourth-order valence-electron chi connectivity index (χ4n) is 3.17. The largest absolute Gasteiger partial charge is 0.493 e. The second-order valence-corrected chi connectivity index (χ2v) is 6.17. The van der Waals surface area contributed by atoms with E-state index >= 15 is 0 Å². The van der Waals surface area contributed by atoms with Crippen molar-refractivity contribution in [1.82, 2.24) is 0 Å². The highest BCUT2D eigenvalue weighted by Crippen LogP contribution is 2.30. The van der Waals surface area contributed by atoms with Crippen molar-refractivity contribution in [3.63, 3.8) is 0 Å². The van der Waals surface area contributed by atoms with Crippen molar-refractivity contribution in [1.29, 1.82) is 0 Å². The lowest BCUT2D eigenvalue weighted by molar-refractivity contribution is 0.325. The lowest BCUT2D eigenvalue weighted by Gasteiger charge is -2.22. The molecule has 0 heterocycles. The average molecular weight is 304 g/mol. The Labute approximate surface area is 139 Å². The molecule has 1 atom stereocenters. The molecule has 0 fully saturated rings. The summed E-state index contributed by atoms with van der Waals surface area (Å²) < 4.78 is 5.67. The van der Waals surface area contributed by atoms with Crippen molar-refractivity contribution in [3.05, 3.63) is 78.9 Å². The molecule has 0 amide bonds. The van der Waals surface area contributed by atoms with Crippen LogP contribution in [0.15, 0.2) is 67.8 Å². The van der Waals surface area contributed by atoms with Crippen LogP contribution in [-0.4, -0.2) is 6.61 Å². The number of hydrogen-bond acceptors (Lipinski definition) is 1. The first kappa shape index (κ1) is 15.6. The molecular formula is C22H24O. The lowest BCUT2D eigenvalue weighted by atomic mass is 9.83. The van der Waals surface area contributed by atoms with Crippen LogP contribution >= 0.6 is 0 Å². The molecule has 0 N–H and O–H groups in total. The van der Waals surface area contributed by atoms with Crippen molar-refractivity contribution in [2.24, 2.45) is 5.92 Å². The summed E-state index contributed by atoms with van der Waals surface area (Å²) in [5, 5.41) is 0. The molecule has 0 saturated heterocycles. The highest BCUT2D eigenvalue weighted by atomic mass is 16.5.